The molecule has 5 nitrogen and oxygen atoms in total. The van der Waals surface area contributed by atoms with Gasteiger partial charge >= 0.3 is 0 Å². The van der Waals surface area contributed by atoms with Crippen molar-refractivity contribution in [2.75, 3.05) is 0 Å². The highest BCUT2D eigenvalue weighted by molar-refractivity contribution is 5.79. The molecule has 3 rings (SSSR count). The Morgan fingerprint density at radius 1 is 1.18 bits per heavy atom. The van der Waals surface area contributed by atoms with E-state index in [0.717, 1.165) is 16.9 Å². The summed E-state index contributed by atoms with van der Waals surface area (Å²) in [7, 11) is 1.93. The van der Waals surface area contributed by atoms with Crippen LogP contribution in [0.4, 0.5) is 0 Å². The summed E-state index contributed by atoms with van der Waals surface area (Å²) in [6.45, 7) is 0. The van der Waals surface area contributed by atoms with Gasteiger partial charge < -0.3 is 4.57 Å². The van der Waals surface area contributed by atoms with E-state index >= 15 is 0 Å². The fourth-order valence-electron chi connectivity index (χ4n) is 1.84. The molecule has 1 N–H and O–H groups in total. The Bertz CT molecular complexity index is 721. The second-order valence-corrected chi connectivity index (χ2v) is 3.79. The van der Waals surface area contributed by atoms with Crippen LogP contribution in [0.25, 0.3) is 22.6 Å². The number of nitrogens with zero attached hydrogens (tertiary/aromatic N) is 3. The Morgan fingerprint density at radius 3 is 2.71 bits per heavy atom. The zero-order valence-corrected chi connectivity index (χ0v) is 9.21. The molecule has 0 unspecified atom stereocenters. The van der Waals surface area contributed by atoms with Gasteiger partial charge in [0.2, 0.25) is 0 Å². The van der Waals surface area contributed by atoms with Crippen molar-refractivity contribution in [1.82, 2.24) is 19.7 Å². The van der Waals surface area contributed by atoms with Crippen molar-refractivity contribution in [3.8, 4) is 11.5 Å². The predicted octanol–water partition coefficient (Wildman–Crippen LogP) is 1.32. The number of benzene rings is 1. The number of hydrogen-bond donors (Lipinski definition) is 1. The molecule has 0 radical (unpaired) electrons. The quantitative estimate of drug-likeness (QED) is 0.680. The van der Waals surface area contributed by atoms with Crippen LogP contribution in [0.2, 0.25) is 0 Å². The molecule has 3 aromatic rings. The molecule has 17 heavy (non-hydrogen) atoms. The summed E-state index contributed by atoms with van der Waals surface area (Å²) in [6.07, 6.45) is 0. The number of hydrogen-bond acceptors (Lipinski definition) is 3. The number of nitrogens with one attached hydrogen (secondary N) is 1. The third-order valence-electron chi connectivity index (χ3n) is 2.70. The molecule has 0 fully saturated rings. The highest BCUT2D eigenvalue weighted by atomic mass is 16.1. The Morgan fingerprint density at radius 2 is 2.00 bits per heavy atom. The summed E-state index contributed by atoms with van der Waals surface area (Å²) in [5, 5.41) is 6.39. The lowest BCUT2D eigenvalue weighted by molar-refractivity contribution is 0.920. The van der Waals surface area contributed by atoms with Crippen molar-refractivity contribution < 1.29 is 0 Å². The molecule has 0 aliphatic heterocycles. The average molecular weight is 226 g/mol. The summed E-state index contributed by atoms with van der Waals surface area (Å²) in [5.41, 5.74) is 2.39. The number of imidazole rings is 1. The first-order valence-electron chi connectivity index (χ1n) is 5.23. The molecule has 0 atom stereocenters. The van der Waals surface area contributed by atoms with Crippen LogP contribution < -0.4 is 5.56 Å². The Balaban J connectivity index is 2.27. The van der Waals surface area contributed by atoms with Crippen molar-refractivity contribution in [2.45, 2.75) is 0 Å². The number of rotatable bonds is 1. The summed E-state index contributed by atoms with van der Waals surface area (Å²) in [5.74, 6) is 0.738. The van der Waals surface area contributed by atoms with Crippen molar-refractivity contribution in [3.63, 3.8) is 0 Å². The average Bonchev–Trinajstić information content (AvgIpc) is 2.69. The molecule has 0 amide bonds. The molecule has 0 aliphatic carbocycles. The standard InChI is InChI=1S/C12H10N4O/c1-16-10-5-3-2-4-8(10)13-12(16)9-6-7-11(17)15-14-9/h2-7H,1H3,(H,15,17). The summed E-state index contributed by atoms with van der Waals surface area (Å²) < 4.78 is 1.95. The lowest BCUT2D eigenvalue weighted by Crippen LogP contribution is -2.07. The van der Waals surface area contributed by atoms with Crippen LogP contribution in [0.15, 0.2) is 41.2 Å². The van der Waals surface area contributed by atoms with Crippen LogP contribution >= 0.6 is 0 Å². The first-order valence-corrected chi connectivity index (χ1v) is 5.23. The van der Waals surface area contributed by atoms with E-state index in [2.05, 4.69) is 15.2 Å². The Hall–Kier alpha value is -2.43. The molecular weight excluding hydrogens is 216 g/mol. The van der Waals surface area contributed by atoms with E-state index in [1.165, 1.54) is 6.07 Å². The predicted molar refractivity (Wildman–Crippen MR) is 64.6 cm³/mol. The lowest BCUT2D eigenvalue weighted by Gasteiger charge is -1.99. The number of aromatic amines is 1. The lowest BCUT2D eigenvalue weighted by atomic mass is 10.3. The zero-order chi connectivity index (χ0) is 11.8. The van der Waals surface area contributed by atoms with Crippen molar-refractivity contribution >= 4 is 11.0 Å². The molecule has 1 aromatic carbocycles. The maximum absolute atomic E-state index is 11.0. The number of H-pyrrole nitrogens is 1. The van der Waals surface area contributed by atoms with Crippen LogP contribution in [0.3, 0.4) is 0 Å². The van der Waals surface area contributed by atoms with E-state index < -0.39 is 0 Å². The minimum atomic E-state index is -0.215. The highest BCUT2D eigenvalue weighted by Gasteiger charge is 2.10. The molecular formula is C12H10N4O. The maximum atomic E-state index is 11.0. The molecule has 0 aliphatic rings. The molecule has 0 spiro atoms. The zero-order valence-electron chi connectivity index (χ0n) is 9.21. The van der Waals surface area contributed by atoms with Gasteiger partial charge in [-0.25, -0.2) is 10.1 Å². The highest BCUT2D eigenvalue weighted by Crippen LogP contribution is 2.20. The summed E-state index contributed by atoms with van der Waals surface area (Å²) >= 11 is 0. The van der Waals surface area contributed by atoms with Crippen molar-refractivity contribution in [2.24, 2.45) is 7.05 Å². The molecule has 0 bridgehead atoms. The second kappa shape index (κ2) is 3.55. The third kappa shape index (κ3) is 1.52. The topological polar surface area (TPSA) is 63.6 Å². The molecule has 5 heteroatoms. The normalized spacial score (nSPS) is 10.9. The minimum absolute atomic E-state index is 0.215. The maximum Gasteiger partial charge on any atom is 0.264 e. The minimum Gasteiger partial charge on any atom is -0.326 e. The summed E-state index contributed by atoms with van der Waals surface area (Å²) in [6, 6.07) is 11.0. The van der Waals surface area contributed by atoms with Gasteiger partial charge in [0.15, 0.2) is 5.82 Å². The number of aromatic nitrogens is 4. The van der Waals surface area contributed by atoms with Gasteiger partial charge in [0.25, 0.3) is 5.56 Å². The van der Waals surface area contributed by atoms with Crippen LogP contribution in [-0.2, 0) is 7.05 Å². The third-order valence-corrected chi connectivity index (χ3v) is 2.70. The molecule has 2 aromatic heterocycles. The van der Waals surface area contributed by atoms with Crippen LogP contribution in [0.5, 0.6) is 0 Å². The van der Waals surface area contributed by atoms with E-state index in [0.29, 0.717) is 5.69 Å². The van der Waals surface area contributed by atoms with Gasteiger partial charge in [-0.3, -0.25) is 4.79 Å². The molecule has 2 heterocycles. The van der Waals surface area contributed by atoms with Crippen molar-refractivity contribution in [3.05, 3.63) is 46.8 Å². The van der Waals surface area contributed by atoms with Gasteiger partial charge in [0.1, 0.15) is 5.69 Å². The largest absolute Gasteiger partial charge is 0.326 e. The van der Waals surface area contributed by atoms with Gasteiger partial charge in [-0.15, -0.1) is 0 Å². The SMILES string of the molecule is Cn1c(-c2ccc(=O)[nH]n2)nc2ccccc21. The molecule has 84 valence electrons. The van der Waals surface area contributed by atoms with Crippen molar-refractivity contribution in [1.29, 1.82) is 0 Å². The Labute approximate surface area is 96.7 Å². The van der Waals surface area contributed by atoms with Gasteiger partial charge in [-0.05, 0) is 18.2 Å². The van der Waals surface area contributed by atoms with Crippen LogP contribution in [0.1, 0.15) is 0 Å². The number of fused-ring (bicyclic) bond motifs is 1. The van der Waals surface area contributed by atoms with Crippen LogP contribution in [0, 0.1) is 0 Å². The van der Waals surface area contributed by atoms with Crippen LogP contribution in [-0.4, -0.2) is 19.7 Å². The number of aryl methyl sites for hydroxylation is 1. The van der Waals surface area contributed by atoms with E-state index in [9.17, 15) is 4.79 Å². The number of para-hydroxylation sites is 2. The fourth-order valence-corrected chi connectivity index (χ4v) is 1.84. The smallest absolute Gasteiger partial charge is 0.264 e. The Kier molecular flexibility index (Phi) is 2.04. The van der Waals surface area contributed by atoms with E-state index in [4.69, 9.17) is 0 Å². The van der Waals surface area contributed by atoms with E-state index in [-0.39, 0.29) is 5.56 Å². The first kappa shape index (κ1) is 9.77. The second-order valence-electron chi connectivity index (χ2n) is 3.79. The fraction of sp³-hybridized carbons (Fsp3) is 0.0833. The van der Waals surface area contributed by atoms with Gasteiger partial charge in [-0.2, -0.15) is 5.10 Å². The monoisotopic (exact) mass is 226 g/mol. The van der Waals surface area contributed by atoms with E-state index in [1.807, 2.05) is 35.9 Å². The van der Waals surface area contributed by atoms with Gasteiger partial charge in [0, 0.05) is 13.1 Å². The first-order chi connectivity index (χ1) is 8.25. The van der Waals surface area contributed by atoms with E-state index in [1.54, 1.807) is 6.07 Å². The summed E-state index contributed by atoms with van der Waals surface area (Å²) in [4.78, 5) is 15.5. The molecule has 0 saturated heterocycles. The van der Waals surface area contributed by atoms with Gasteiger partial charge in [0.05, 0.1) is 11.0 Å². The molecule has 0 saturated carbocycles. The van der Waals surface area contributed by atoms with Gasteiger partial charge in [-0.1, -0.05) is 12.1 Å².